The minimum atomic E-state index is -1.32. The highest BCUT2D eigenvalue weighted by molar-refractivity contribution is 6.06. The van der Waals surface area contributed by atoms with Crippen LogP contribution in [0.5, 0.6) is 0 Å². The van der Waals surface area contributed by atoms with Crippen molar-refractivity contribution in [2.45, 2.75) is 46.0 Å². The number of rotatable bonds is 10. The van der Waals surface area contributed by atoms with E-state index in [-0.39, 0.29) is 5.92 Å². The molecule has 2 atom stereocenters. The maximum absolute atomic E-state index is 12.8. The van der Waals surface area contributed by atoms with Crippen LogP contribution in [0.25, 0.3) is 6.08 Å². The Hall–Kier alpha value is -2.36. The Labute approximate surface area is 168 Å². The number of ether oxygens (including phenoxy) is 2. The lowest BCUT2D eigenvalue weighted by Crippen LogP contribution is -2.35. The van der Waals surface area contributed by atoms with E-state index in [1.165, 1.54) is 14.2 Å². The molecule has 0 amide bonds. The molecule has 0 radical (unpaired) electrons. The number of hydrogen-bond donors (Lipinski definition) is 0. The van der Waals surface area contributed by atoms with Crippen LogP contribution in [0.1, 0.15) is 51.5 Å². The molecule has 0 bridgehead atoms. The lowest BCUT2D eigenvalue weighted by atomic mass is 9.81. The summed E-state index contributed by atoms with van der Waals surface area (Å²) in [4.78, 5) is 25.6. The summed E-state index contributed by atoms with van der Waals surface area (Å²) in [6, 6.07) is 9.90. The number of unbranched alkanes of at least 4 members (excludes halogenated alkanes) is 3. The lowest BCUT2D eigenvalue weighted by molar-refractivity contribution is -0.163. The van der Waals surface area contributed by atoms with Crippen LogP contribution in [0, 0.1) is 16.7 Å². The van der Waals surface area contributed by atoms with Gasteiger partial charge in [0.1, 0.15) is 0 Å². The summed E-state index contributed by atoms with van der Waals surface area (Å²) >= 11 is 0. The van der Waals surface area contributed by atoms with Gasteiger partial charge < -0.3 is 9.47 Å². The smallest absolute Gasteiger partial charge is 0.324 e. The SMILES string of the molecule is C=C(/C=C/c1ccccc1)[C@@]1(CCCCCC)[C@H](C)C1(C(=O)OC)C(=O)OC. The number of carbonyl (C=O) groups is 2. The van der Waals surface area contributed by atoms with Gasteiger partial charge in [-0.3, -0.25) is 9.59 Å². The topological polar surface area (TPSA) is 52.6 Å². The molecule has 0 N–H and O–H groups in total. The van der Waals surface area contributed by atoms with Gasteiger partial charge in [-0.05, 0) is 23.5 Å². The second kappa shape index (κ2) is 9.22. The zero-order valence-corrected chi connectivity index (χ0v) is 17.5. The Balaban J connectivity index is 2.40. The van der Waals surface area contributed by atoms with Crippen LogP contribution in [-0.4, -0.2) is 26.2 Å². The fourth-order valence-corrected chi connectivity index (χ4v) is 4.70. The van der Waals surface area contributed by atoms with Crippen molar-refractivity contribution >= 4 is 18.0 Å². The molecule has 0 unspecified atom stereocenters. The largest absolute Gasteiger partial charge is 0.468 e. The van der Waals surface area contributed by atoms with Crippen LogP contribution in [0.4, 0.5) is 0 Å². The van der Waals surface area contributed by atoms with Crippen molar-refractivity contribution in [3.63, 3.8) is 0 Å². The van der Waals surface area contributed by atoms with Gasteiger partial charge in [0.2, 0.25) is 0 Å². The van der Waals surface area contributed by atoms with Crippen LogP contribution in [-0.2, 0) is 19.1 Å². The third-order valence-corrected chi connectivity index (χ3v) is 6.30. The lowest BCUT2D eigenvalue weighted by Gasteiger charge is -2.23. The molecular weight excluding hydrogens is 352 g/mol. The fraction of sp³-hybridized carbons (Fsp3) is 0.500. The van der Waals surface area contributed by atoms with Crippen molar-refractivity contribution in [2.24, 2.45) is 16.7 Å². The van der Waals surface area contributed by atoms with Gasteiger partial charge in [-0.1, -0.05) is 88.6 Å². The normalized spacial score (nSPS) is 22.6. The van der Waals surface area contributed by atoms with Crippen molar-refractivity contribution in [1.82, 2.24) is 0 Å². The fourth-order valence-electron chi connectivity index (χ4n) is 4.70. The van der Waals surface area contributed by atoms with Crippen molar-refractivity contribution < 1.29 is 19.1 Å². The van der Waals surface area contributed by atoms with E-state index in [2.05, 4.69) is 13.5 Å². The second-order valence-electron chi connectivity index (χ2n) is 7.56. The highest BCUT2D eigenvalue weighted by Crippen LogP contribution is 2.75. The molecule has 4 heteroatoms. The molecule has 1 fully saturated rings. The molecule has 4 nitrogen and oxygen atoms in total. The molecule has 0 spiro atoms. The van der Waals surface area contributed by atoms with E-state index in [1.54, 1.807) is 0 Å². The maximum atomic E-state index is 12.8. The van der Waals surface area contributed by atoms with Gasteiger partial charge in [-0.15, -0.1) is 0 Å². The Morgan fingerprint density at radius 3 is 2.21 bits per heavy atom. The Kier molecular flexibility index (Phi) is 7.22. The average Bonchev–Trinajstić information content (AvgIpc) is 3.28. The predicted octanol–water partition coefficient (Wildman–Crippen LogP) is 5.19. The summed E-state index contributed by atoms with van der Waals surface area (Å²) in [7, 11) is 2.64. The minimum absolute atomic E-state index is 0.227. The number of hydrogen-bond acceptors (Lipinski definition) is 4. The van der Waals surface area contributed by atoms with Crippen molar-refractivity contribution in [3.05, 3.63) is 54.1 Å². The van der Waals surface area contributed by atoms with Crippen molar-refractivity contribution in [3.8, 4) is 0 Å². The first-order chi connectivity index (χ1) is 13.4. The molecule has 28 heavy (non-hydrogen) atoms. The van der Waals surface area contributed by atoms with Gasteiger partial charge in [-0.25, -0.2) is 0 Å². The van der Waals surface area contributed by atoms with Gasteiger partial charge in [0, 0.05) is 5.41 Å². The monoisotopic (exact) mass is 384 g/mol. The van der Waals surface area contributed by atoms with Crippen molar-refractivity contribution in [2.75, 3.05) is 14.2 Å². The number of benzene rings is 1. The zero-order valence-electron chi connectivity index (χ0n) is 17.5. The molecule has 2 rings (SSSR count). The molecule has 0 aromatic heterocycles. The summed E-state index contributed by atoms with van der Waals surface area (Å²) in [5, 5.41) is 0. The zero-order chi connectivity index (χ0) is 20.8. The number of allylic oxidation sites excluding steroid dienone is 2. The first-order valence-electron chi connectivity index (χ1n) is 10.0. The van der Waals surface area contributed by atoms with E-state index < -0.39 is 22.8 Å². The van der Waals surface area contributed by atoms with E-state index in [9.17, 15) is 9.59 Å². The number of carbonyl (C=O) groups excluding carboxylic acids is 2. The van der Waals surface area contributed by atoms with Gasteiger partial charge in [0.25, 0.3) is 0 Å². The third kappa shape index (κ3) is 3.52. The Morgan fingerprint density at radius 1 is 1.07 bits per heavy atom. The maximum Gasteiger partial charge on any atom is 0.324 e. The summed E-state index contributed by atoms with van der Waals surface area (Å²) in [5.41, 5.74) is -0.177. The molecule has 1 aromatic carbocycles. The van der Waals surface area contributed by atoms with Crippen LogP contribution < -0.4 is 0 Å². The van der Waals surface area contributed by atoms with Crippen molar-refractivity contribution in [1.29, 1.82) is 0 Å². The molecule has 0 saturated heterocycles. The number of methoxy groups -OCH3 is 2. The Morgan fingerprint density at radius 2 is 1.68 bits per heavy atom. The minimum Gasteiger partial charge on any atom is -0.468 e. The third-order valence-electron chi connectivity index (χ3n) is 6.30. The molecule has 152 valence electrons. The van der Waals surface area contributed by atoms with E-state index in [1.807, 2.05) is 49.4 Å². The molecule has 1 saturated carbocycles. The number of esters is 2. The molecular formula is C24H32O4. The highest BCUT2D eigenvalue weighted by Gasteiger charge is 2.84. The summed E-state index contributed by atoms with van der Waals surface area (Å²) in [5.74, 6) is -1.29. The highest BCUT2D eigenvalue weighted by atomic mass is 16.5. The molecule has 0 heterocycles. The summed E-state index contributed by atoms with van der Waals surface area (Å²) in [6.07, 6.45) is 8.83. The van der Waals surface area contributed by atoms with E-state index in [4.69, 9.17) is 9.47 Å². The van der Waals surface area contributed by atoms with Crippen LogP contribution >= 0.6 is 0 Å². The summed E-state index contributed by atoms with van der Waals surface area (Å²) < 4.78 is 10.1. The second-order valence-corrected chi connectivity index (χ2v) is 7.56. The van der Waals surface area contributed by atoms with E-state index in [0.717, 1.165) is 36.8 Å². The molecule has 1 aromatic rings. The standard InChI is InChI=1S/C24H32O4/c1-6-7-8-12-17-23(18(2)15-16-20-13-10-9-11-14-20)19(3)24(23,21(25)27-4)22(26)28-5/h9-11,13-16,19H,2,6-8,12,17H2,1,3-5H3/b16-15+/t19-,23-/m0/s1. The van der Waals surface area contributed by atoms with Crippen LogP contribution in [0.2, 0.25) is 0 Å². The van der Waals surface area contributed by atoms with Gasteiger partial charge >= 0.3 is 11.9 Å². The van der Waals surface area contributed by atoms with E-state index >= 15 is 0 Å². The molecule has 1 aliphatic carbocycles. The predicted molar refractivity (Wildman–Crippen MR) is 111 cm³/mol. The summed E-state index contributed by atoms with van der Waals surface area (Å²) in [6.45, 7) is 8.36. The van der Waals surface area contributed by atoms with Gasteiger partial charge in [0.05, 0.1) is 14.2 Å². The van der Waals surface area contributed by atoms with Gasteiger partial charge in [0.15, 0.2) is 5.41 Å². The first kappa shape index (κ1) is 21.9. The van der Waals surface area contributed by atoms with Crippen LogP contribution in [0.15, 0.2) is 48.6 Å². The molecule has 0 aliphatic heterocycles. The average molecular weight is 385 g/mol. The Bertz CT molecular complexity index is 718. The quantitative estimate of drug-likeness (QED) is 0.241. The van der Waals surface area contributed by atoms with Crippen LogP contribution in [0.3, 0.4) is 0 Å². The van der Waals surface area contributed by atoms with E-state index in [0.29, 0.717) is 6.42 Å². The molecule has 1 aliphatic rings. The van der Waals surface area contributed by atoms with Gasteiger partial charge in [-0.2, -0.15) is 0 Å². The first-order valence-corrected chi connectivity index (χ1v) is 10.0.